The van der Waals surface area contributed by atoms with Gasteiger partial charge in [-0.15, -0.1) is 0 Å². The van der Waals surface area contributed by atoms with Gasteiger partial charge in [-0.25, -0.2) is 4.79 Å². The number of rotatable bonds is 7. The van der Waals surface area contributed by atoms with E-state index in [2.05, 4.69) is 10.6 Å². The Morgan fingerprint density at radius 1 is 1.07 bits per heavy atom. The van der Waals surface area contributed by atoms with Gasteiger partial charge in [0.05, 0.1) is 14.2 Å². The van der Waals surface area contributed by atoms with Crippen molar-refractivity contribution in [2.45, 2.75) is 56.9 Å². The van der Waals surface area contributed by atoms with Crippen molar-refractivity contribution in [2.24, 2.45) is 0 Å². The number of carbonyl (C=O) groups is 3. The second-order valence-electron chi connectivity index (χ2n) is 7.96. The van der Waals surface area contributed by atoms with E-state index in [0.29, 0.717) is 37.3 Å². The molecule has 8 nitrogen and oxygen atoms in total. The highest BCUT2D eigenvalue weighted by Gasteiger charge is 2.50. The van der Waals surface area contributed by atoms with Gasteiger partial charge in [0.15, 0.2) is 11.5 Å². The molecule has 0 unspecified atom stereocenters. The maximum atomic E-state index is 13.0. The summed E-state index contributed by atoms with van der Waals surface area (Å²) in [5, 5.41) is 5.67. The van der Waals surface area contributed by atoms with E-state index >= 15 is 0 Å². The molecule has 1 aliphatic carbocycles. The second-order valence-corrected chi connectivity index (χ2v) is 7.96. The van der Waals surface area contributed by atoms with Gasteiger partial charge in [0.2, 0.25) is 5.91 Å². The molecular weight excluding hydrogens is 386 g/mol. The summed E-state index contributed by atoms with van der Waals surface area (Å²) in [5.41, 5.74) is 0.161. The molecule has 0 bridgehead atoms. The molecule has 0 aromatic heterocycles. The number of amides is 4. The van der Waals surface area contributed by atoms with Crippen LogP contribution in [0.1, 0.15) is 50.5 Å². The van der Waals surface area contributed by atoms with Crippen molar-refractivity contribution >= 4 is 17.8 Å². The largest absolute Gasteiger partial charge is 0.493 e. The van der Waals surface area contributed by atoms with E-state index in [1.54, 1.807) is 14.2 Å². The van der Waals surface area contributed by atoms with E-state index in [9.17, 15) is 14.4 Å². The molecule has 4 amide bonds. The van der Waals surface area contributed by atoms with Crippen LogP contribution in [0.2, 0.25) is 0 Å². The van der Waals surface area contributed by atoms with Crippen LogP contribution in [0.25, 0.3) is 0 Å². The van der Waals surface area contributed by atoms with Crippen LogP contribution in [-0.4, -0.2) is 55.6 Å². The summed E-state index contributed by atoms with van der Waals surface area (Å²) in [6.07, 6.45) is 7.03. The molecule has 0 atom stereocenters. The van der Waals surface area contributed by atoms with Crippen LogP contribution in [0.4, 0.5) is 4.79 Å². The molecule has 30 heavy (non-hydrogen) atoms. The summed E-state index contributed by atoms with van der Waals surface area (Å²) in [4.78, 5) is 38.8. The lowest BCUT2D eigenvalue weighted by Gasteiger charge is -2.28. The molecular formula is C22H31N3O5. The van der Waals surface area contributed by atoms with Crippen LogP contribution in [0, 0.1) is 0 Å². The summed E-state index contributed by atoms with van der Waals surface area (Å²) in [6.45, 7) is 0.140. The van der Waals surface area contributed by atoms with Crippen LogP contribution >= 0.6 is 0 Å². The number of methoxy groups -OCH3 is 2. The highest BCUT2D eigenvalue weighted by atomic mass is 16.5. The van der Waals surface area contributed by atoms with Gasteiger partial charge in [-0.3, -0.25) is 14.5 Å². The second kappa shape index (κ2) is 9.82. The predicted octanol–water partition coefficient (Wildman–Crippen LogP) is 2.40. The molecule has 1 saturated carbocycles. The minimum absolute atomic E-state index is 0.252. The number of hydrogen-bond donors (Lipinski definition) is 2. The maximum Gasteiger partial charge on any atom is 0.325 e. The number of ether oxygens (including phenoxy) is 2. The Morgan fingerprint density at radius 2 is 1.73 bits per heavy atom. The van der Waals surface area contributed by atoms with E-state index in [1.807, 2.05) is 18.2 Å². The summed E-state index contributed by atoms with van der Waals surface area (Å²) >= 11 is 0. The van der Waals surface area contributed by atoms with Crippen molar-refractivity contribution in [2.75, 3.05) is 27.3 Å². The minimum Gasteiger partial charge on any atom is -0.493 e. The molecule has 1 saturated heterocycles. The standard InChI is InChI=1S/C22H31N3O5/c1-29-17-9-8-16(14-18(17)30-2)10-13-23-19(26)15-25-20(27)22(24-21(25)28)11-6-4-3-5-7-12-22/h8-9,14H,3-7,10-13,15H2,1-2H3,(H,23,26)(H,24,28). The van der Waals surface area contributed by atoms with Gasteiger partial charge in [0, 0.05) is 6.54 Å². The Hall–Kier alpha value is -2.77. The molecule has 2 fully saturated rings. The van der Waals surface area contributed by atoms with Crippen LogP contribution in [0.5, 0.6) is 11.5 Å². The number of carbonyl (C=O) groups excluding carboxylic acids is 3. The fourth-order valence-electron chi connectivity index (χ4n) is 4.25. The third kappa shape index (κ3) is 4.86. The molecule has 1 heterocycles. The quantitative estimate of drug-likeness (QED) is 0.664. The zero-order valence-corrected chi connectivity index (χ0v) is 17.8. The third-order valence-corrected chi connectivity index (χ3v) is 5.94. The lowest BCUT2D eigenvalue weighted by atomic mass is 9.84. The van der Waals surface area contributed by atoms with Crippen LogP contribution < -0.4 is 20.1 Å². The Balaban J connectivity index is 1.52. The first-order valence-corrected chi connectivity index (χ1v) is 10.6. The summed E-state index contributed by atoms with van der Waals surface area (Å²) < 4.78 is 10.5. The van der Waals surface area contributed by atoms with Crippen molar-refractivity contribution in [1.82, 2.24) is 15.5 Å². The van der Waals surface area contributed by atoms with Crippen LogP contribution in [-0.2, 0) is 16.0 Å². The van der Waals surface area contributed by atoms with Crippen LogP contribution in [0.15, 0.2) is 18.2 Å². The lowest BCUT2D eigenvalue weighted by molar-refractivity contribution is -0.135. The van der Waals surface area contributed by atoms with Gasteiger partial charge in [-0.2, -0.15) is 0 Å². The molecule has 3 rings (SSSR count). The van der Waals surface area contributed by atoms with E-state index in [-0.39, 0.29) is 18.4 Å². The highest BCUT2D eigenvalue weighted by molar-refractivity contribution is 6.09. The Labute approximate surface area is 177 Å². The van der Waals surface area contributed by atoms with Crippen LogP contribution in [0.3, 0.4) is 0 Å². The number of nitrogens with one attached hydrogen (secondary N) is 2. The normalized spacial score (nSPS) is 18.5. The van der Waals surface area contributed by atoms with Gasteiger partial charge in [-0.1, -0.05) is 38.2 Å². The lowest BCUT2D eigenvalue weighted by Crippen LogP contribution is -2.48. The smallest absolute Gasteiger partial charge is 0.325 e. The summed E-state index contributed by atoms with van der Waals surface area (Å²) in [5.74, 6) is 0.670. The Kier molecular flexibility index (Phi) is 7.18. The number of hydrogen-bond acceptors (Lipinski definition) is 5. The maximum absolute atomic E-state index is 13.0. The highest BCUT2D eigenvalue weighted by Crippen LogP contribution is 2.32. The molecule has 1 aliphatic heterocycles. The van der Waals surface area contributed by atoms with E-state index in [0.717, 1.165) is 36.1 Å². The van der Waals surface area contributed by atoms with Gasteiger partial charge in [0.25, 0.3) is 5.91 Å². The first kappa shape index (κ1) is 21.9. The van der Waals surface area contributed by atoms with Crippen molar-refractivity contribution in [3.63, 3.8) is 0 Å². The summed E-state index contributed by atoms with van der Waals surface area (Å²) in [6, 6.07) is 5.12. The molecule has 2 N–H and O–H groups in total. The zero-order valence-electron chi connectivity index (χ0n) is 17.8. The first-order chi connectivity index (χ1) is 14.5. The SMILES string of the molecule is COc1ccc(CCNC(=O)CN2C(=O)NC3(CCCCCCC3)C2=O)cc1OC. The molecule has 0 radical (unpaired) electrons. The molecule has 8 heteroatoms. The minimum atomic E-state index is -0.822. The number of benzene rings is 1. The molecule has 1 aromatic rings. The monoisotopic (exact) mass is 417 g/mol. The van der Waals surface area contributed by atoms with Gasteiger partial charge < -0.3 is 20.1 Å². The average Bonchev–Trinajstić information content (AvgIpc) is 2.95. The first-order valence-electron chi connectivity index (χ1n) is 10.6. The zero-order chi connectivity index (χ0) is 21.6. The van der Waals surface area contributed by atoms with Crippen molar-refractivity contribution in [1.29, 1.82) is 0 Å². The van der Waals surface area contributed by atoms with Crippen molar-refractivity contribution in [3.8, 4) is 11.5 Å². The van der Waals surface area contributed by atoms with Gasteiger partial charge >= 0.3 is 6.03 Å². The average molecular weight is 418 g/mol. The van der Waals surface area contributed by atoms with Crippen molar-refractivity contribution in [3.05, 3.63) is 23.8 Å². The topological polar surface area (TPSA) is 97.0 Å². The number of urea groups is 1. The molecule has 2 aliphatic rings. The predicted molar refractivity (Wildman–Crippen MR) is 112 cm³/mol. The Bertz CT molecular complexity index is 787. The van der Waals surface area contributed by atoms with Crippen molar-refractivity contribution < 1.29 is 23.9 Å². The molecule has 164 valence electrons. The van der Waals surface area contributed by atoms with E-state index in [4.69, 9.17) is 9.47 Å². The number of imide groups is 1. The van der Waals surface area contributed by atoms with Gasteiger partial charge in [-0.05, 0) is 37.0 Å². The Morgan fingerprint density at radius 3 is 2.40 bits per heavy atom. The van der Waals surface area contributed by atoms with Gasteiger partial charge in [0.1, 0.15) is 12.1 Å². The van der Waals surface area contributed by atoms with E-state index in [1.165, 1.54) is 6.42 Å². The third-order valence-electron chi connectivity index (χ3n) is 5.94. The van der Waals surface area contributed by atoms with E-state index < -0.39 is 11.6 Å². The fourth-order valence-corrected chi connectivity index (χ4v) is 4.25. The molecule has 1 spiro atoms. The fraction of sp³-hybridized carbons (Fsp3) is 0.591. The molecule has 1 aromatic carbocycles. The number of nitrogens with zero attached hydrogens (tertiary/aromatic N) is 1. The summed E-state index contributed by atoms with van der Waals surface area (Å²) in [7, 11) is 3.15.